The van der Waals surface area contributed by atoms with Crippen LogP contribution in [-0.4, -0.2) is 101 Å². The second kappa shape index (κ2) is 14.6. The lowest BCUT2D eigenvalue weighted by molar-refractivity contribution is 0.306. The minimum absolute atomic E-state index is 0.300. The van der Waals surface area contributed by atoms with Crippen molar-refractivity contribution in [1.82, 2.24) is 29.7 Å². The van der Waals surface area contributed by atoms with Crippen molar-refractivity contribution >= 4 is 34.9 Å². The summed E-state index contributed by atoms with van der Waals surface area (Å²) in [7, 11) is 4.30. The van der Waals surface area contributed by atoms with E-state index in [9.17, 15) is 5.11 Å². The quantitative estimate of drug-likeness (QED) is 0.235. The van der Waals surface area contributed by atoms with E-state index in [1.807, 2.05) is 18.2 Å². The van der Waals surface area contributed by atoms with Crippen molar-refractivity contribution in [3.8, 4) is 34.0 Å². The molecule has 2 aliphatic heterocycles. The number of hydrogen-bond acceptors (Lipinski definition) is 13. The van der Waals surface area contributed by atoms with Gasteiger partial charge >= 0.3 is 0 Å². The Labute approximate surface area is 308 Å². The lowest BCUT2D eigenvalue weighted by atomic mass is 9.88. The number of nitrogens with zero attached hydrogens (tertiary/aromatic N) is 8. The molecule has 0 saturated carbocycles. The standard InChI is InChI=1S/C22H25N5OS.C17H21N5O/c1-26-7-9-27(10-8-26)21-19-4-2-16-12-17(28-13-15-6-11-29-14-15)3-5-18(16)20(19)24-22(23)25-21;1-21-6-8-22(9-7-21)16-14-4-2-11-10-12(23)3-5-13(11)15(14)19-17(18)20-16/h3,5-6,11-12,14H,2,4,7-10,13H2,1H3,(H2,23,24,25);3,5,10,23H,2,4,6-9H2,1H3,(H2,18,19,20). The van der Waals surface area contributed by atoms with Crippen molar-refractivity contribution < 1.29 is 9.84 Å². The van der Waals surface area contributed by atoms with Crippen LogP contribution in [0.4, 0.5) is 23.5 Å². The van der Waals surface area contributed by atoms with Gasteiger partial charge < -0.3 is 40.9 Å². The van der Waals surface area contributed by atoms with Gasteiger partial charge in [-0.2, -0.15) is 21.3 Å². The molecule has 0 unspecified atom stereocenters. The highest BCUT2D eigenvalue weighted by molar-refractivity contribution is 7.07. The fourth-order valence-electron chi connectivity index (χ4n) is 7.62. The van der Waals surface area contributed by atoms with E-state index in [1.165, 1.54) is 22.3 Å². The van der Waals surface area contributed by atoms with Gasteiger partial charge in [-0.15, -0.1) is 0 Å². The van der Waals surface area contributed by atoms with Crippen LogP contribution in [0.2, 0.25) is 0 Å². The van der Waals surface area contributed by atoms with Gasteiger partial charge in [0, 0.05) is 74.6 Å². The number of hydrogen-bond donors (Lipinski definition) is 3. The lowest BCUT2D eigenvalue weighted by Crippen LogP contribution is -2.45. The molecule has 0 amide bonds. The first-order valence-corrected chi connectivity index (χ1v) is 19.0. The summed E-state index contributed by atoms with van der Waals surface area (Å²) in [6.07, 6.45) is 3.67. The van der Waals surface area contributed by atoms with Gasteiger partial charge in [0.2, 0.25) is 11.9 Å². The molecule has 52 heavy (non-hydrogen) atoms. The zero-order valence-corrected chi connectivity index (χ0v) is 30.7. The molecule has 0 bridgehead atoms. The van der Waals surface area contributed by atoms with Crippen LogP contribution in [0.1, 0.15) is 27.8 Å². The van der Waals surface area contributed by atoms with E-state index < -0.39 is 0 Å². The summed E-state index contributed by atoms with van der Waals surface area (Å²) in [6, 6.07) is 13.9. The first-order chi connectivity index (χ1) is 25.3. The van der Waals surface area contributed by atoms with Crippen molar-refractivity contribution in [3.05, 3.63) is 81.0 Å². The predicted molar refractivity (Wildman–Crippen MR) is 208 cm³/mol. The number of nitrogen functional groups attached to an aromatic ring is 2. The number of piperazine rings is 2. The lowest BCUT2D eigenvalue weighted by Gasteiger charge is -2.35. The third kappa shape index (κ3) is 7.08. The van der Waals surface area contributed by atoms with Crippen LogP contribution >= 0.6 is 11.3 Å². The van der Waals surface area contributed by atoms with E-state index in [1.54, 1.807) is 17.4 Å². The maximum absolute atomic E-state index is 9.70. The van der Waals surface area contributed by atoms with Crippen LogP contribution < -0.4 is 26.0 Å². The Balaban J connectivity index is 0.000000153. The van der Waals surface area contributed by atoms with Gasteiger partial charge in [0.25, 0.3) is 0 Å². The van der Waals surface area contributed by atoms with Crippen molar-refractivity contribution in [2.24, 2.45) is 0 Å². The number of thiophene rings is 1. The summed E-state index contributed by atoms with van der Waals surface area (Å²) in [4.78, 5) is 27.7. The first kappa shape index (κ1) is 34.1. The number of likely N-dealkylation sites (N-methyl/N-ethyl adjacent to an activating group) is 2. The molecule has 270 valence electrons. The molecule has 2 fully saturated rings. The third-order valence-corrected chi connectivity index (χ3v) is 11.3. The summed E-state index contributed by atoms with van der Waals surface area (Å²) >= 11 is 1.69. The summed E-state index contributed by atoms with van der Waals surface area (Å²) in [5, 5.41) is 13.9. The van der Waals surface area contributed by atoms with Crippen LogP contribution in [0, 0.1) is 0 Å². The molecule has 9 rings (SSSR count). The summed E-state index contributed by atoms with van der Waals surface area (Å²) in [5.41, 5.74) is 22.2. The molecule has 0 radical (unpaired) electrons. The number of phenolic OH excluding ortho intramolecular Hbond substituents is 1. The molecule has 0 atom stereocenters. The number of aryl methyl sites for hydroxylation is 2. The van der Waals surface area contributed by atoms with E-state index in [0.29, 0.717) is 24.3 Å². The second-order valence-corrected chi connectivity index (χ2v) is 14.9. The number of anilines is 4. The van der Waals surface area contributed by atoms with E-state index in [2.05, 4.69) is 82.6 Å². The highest BCUT2D eigenvalue weighted by Gasteiger charge is 2.28. The molecule has 2 aliphatic carbocycles. The van der Waals surface area contributed by atoms with Gasteiger partial charge in [-0.3, -0.25) is 0 Å². The molecule has 0 spiro atoms. The molecule has 5 N–H and O–H groups in total. The van der Waals surface area contributed by atoms with Gasteiger partial charge in [-0.1, -0.05) is 0 Å². The molecular formula is C39H46N10O2S. The molecule has 12 nitrogen and oxygen atoms in total. The van der Waals surface area contributed by atoms with Crippen molar-refractivity contribution in [3.63, 3.8) is 0 Å². The zero-order valence-electron chi connectivity index (χ0n) is 29.9. The van der Waals surface area contributed by atoms with Gasteiger partial charge in [-0.05, 0) is 110 Å². The number of fused-ring (bicyclic) bond motifs is 6. The van der Waals surface area contributed by atoms with Gasteiger partial charge in [0.15, 0.2) is 0 Å². The normalized spacial score (nSPS) is 17.0. The topological polar surface area (TPSA) is 146 Å². The fourth-order valence-corrected chi connectivity index (χ4v) is 8.27. The Morgan fingerprint density at radius 2 is 1.21 bits per heavy atom. The highest BCUT2D eigenvalue weighted by Crippen LogP contribution is 2.40. The number of ether oxygens (including phenoxy) is 1. The second-order valence-electron chi connectivity index (χ2n) is 14.1. The van der Waals surface area contributed by atoms with E-state index in [4.69, 9.17) is 16.2 Å². The Kier molecular flexibility index (Phi) is 9.56. The molecule has 2 saturated heterocycles. The molecule has 5 aromatic rings. The third-order valence-electron chi connectivity index (χ3n) is 10.6. The fraction of sp³-hybridized carbons (Fsp3) is 0.385. The average Bonchev–Trinajstić information content (AvgIpc) is 3.68. The van der Waals surface area contributed by atoms with Gasteiger partial charge in [0.05, 0.1) is 11.4 Å². The summed E-state index contributed by atoms with van der Waals surface area (Å²) in [6.45, 7) is 8.61. The van der Waals surface area contributed by atoms with E-state index >= 15 is 0 Å². The first-order valence-electron chi connectivity index (χ1n) is 18.1. The maximum Gasteiger partial charge on any atom is 0.222 e. The number of aromatic nitrogens is 4. The van der Waals surface area contributed by atoms with E-state index in [-0.39, 0.29) is 0 Å². The monoisotopic (exact) mass is 718 g/mol. The Hall–Kier alpha value is -4.98. The number of nitrogens with two attached hydrogens (primary N) is 2. The smallest absolute Gasteiger partial charge is 0.222 e. The van der Waals surface area contributed by atoms with Gasteiger partial charge in [-0.25, -0.2) is 9.97 Å². The molecule has 4 aliphatic rings. The number of aromatic hydroxyl groups is 1. The largest absolute Gasteiger partial charge is 0.508 e. The Morgan fingerprint density at radius 1 is 0.673 bits per heavy atom. The Bertz CT molecular complexity index is 2060. The Morgan fingerprint density at radius 3 is 1.75 bits per heavy atom. The van der Waals surface area contributed by atoms with Crippen LogP contribution in [-0.2, 0) is 32.3 Å². The number of benzene rings is 2. The number of rotatable bonds is 5. The van der Waals surface area contributed by atoms with Crippen molar-refractivity contribution in [2.75, 3.05) is 87.7 Å². The van der Waals surface area contributed by atoms with Gasteiger partial charge in [0.1, 0.15) is 29.7 Å². The molecular weight excluding hydrogens is 673 g/mol. The SMILES string of the molecule is CN1CCN(c2nc(N)nc3c2CCc2cc(O)ccc2-3)CC1.CN1CCN(c2nc(N)nc3c2CCc2cc(OCc4ccsc4)ccc2-3)CC1. The summed E-state index contributed by atoms with van der Waals surface area (Å²) < 4.78 is 5.99. The molecule has 5 heterocycles. The zero-order chi connectivity index (χ0) is 35.8. The minimum atomic E-state index is 0.300. The maximum atomic E-state index is 9.70. The van der Waals surface area contributed by atoms with Crippen LogP contribution in [0.5, 0.6) is 11.5 Å². The highest BCUT2D eigenvalue weighted by atomic mass is 32.1. The van der Waals surface area contributed by atoms with Crippen molar-refractivity contribution in [2.45, 2.75) is 32.3 Å². The van der Waals surface area contributed by atoms with Crippen LogP contribution in [0.15, 0.2) is 53.2 Å². The van der Waals surface area contributed by atoms with E-state index in [0.717, 1.165) is 124 Å². The summed E-state index contributed by atoms with van der Waals surface area (Å²) in [5.74, 6) is 3.87. The van der Waals surface area contributed by atoms with Crippen LogP contribution in [0.25, 0.3) is 22.5 Å². The molecule has 3 aromatic heterocycles. The molecule has 2 aromatic carbocycles. The van der Waals surface area contributed by atoms with Crippen molar-refractivity contribution in [1.29, 1.82) is 0 Å². The average molecular weight is 719 g/mol. The number of phenols is 1. The molecule has 13 heteroatoms. The minimum Gasteiger partial charge on any atom is -0.508 e. The van der Waals surface area contributed by atoms with Crippen LogP contribution in [0.3, 0.4) is 0 Å². The predicted octanol–water partition coefficient (Wildman–Crippen LogP) is 4.50.